The van der Waals surface area contributed by atoms with Crippen LogP contribution in [0.4, 0.5) is 0 Å². The molecule has 0 spiro atoms. The topological polar surface area (TPSA) is 95.9 Å². The molecule has 0 aromatic rings. The summed E-state index contributed by atoms with van der Waals surface area (Å²) in [4.78, 5) is 24.4. The van der Waals surface area contributed by atoms with Gasteiger partial charge in [0, 0.05) is 12.8 Å². The summed E-state index contributed by atoms with van der Waals surface area (Å²) >= 11 is 0. The highest BCUT2D eigenvalue weighted by molar-refractivity contribution is 5.76. The van der Waals surface area contributed by atoms with Crippen molar-refractivity contribution in [2.75, 3.05) is 13.2 Å². The van der Waals surface area contributed by atoms with Gasteiger partial charge in [0.25, 0.3) is 0 Å². The zero-order chi connectivity index (χ0) is 46.5. The molecule has 2 atom stereocenters. The van der Waals surface area contributed by atoms with Crippen molar-refractivity contribution in [3.63, 3.8) is 0 Å². The lowest BCUT2D eigenvalue weighted by Gasteiger charge is -2.20. The molecular formula is C58H105NO5. The number of carbonyl (C=O) groups is 2. The third-order valence-electron chi connectivity index (χ3n) is 12.3. The van der Waals surface area contributed by atoms with Crippen LogP contribution in [0.2, 0.25) is 0 Å². The summed E-state index contributed by atoms with van der Waals surface area (Å²) < 4.78 is 5.46. The summed E-state index contributed by atoms with van der Waals surface area (Å²) in [7, 11) is 0. The van der Waals surface area contributed by atoms with Crippen molar-refractivity contribution >= 4 is 11.9 Å². The number of allylic oxidation sites excluding steroid dienone is 9. The number of rotatable bonds is 50. The van der Waals surface area contributed by atoms with Crippen molar-refractivity contribution in [1.82, 2.24) is 5.32 Å². The molecule has 0 bridgehead atoms. The molecule has 3 N–H and O–H groups in total. The van der Waals surface area contributed by atoms with Crippen LogP contribution in [0.15, 0.2) is 60.8 Å². The minimum Gasteiger partial charge on any atom is -0.466 e. The number of esters is 1. The molecule has 0 aromatic carbocycles. The molecule has 0 aliphatic heterocycles. The lowest BCUT2D eigenvalue weighted by molar-refractivity contribution is -0.143. The second-order valence-corrected chi connectivity index (χ2v) is 18.5. The van der Waals surface area contributed by atoms with Gasteiger partial charge in [-0.15, -0.1) is 0 Å². The van der Waals surface area contributed by atoms with Crippen LogP contribution in [0.5, 0.6) is 0 Å². The number of nitrogens with one attached hydrogen (secondary N) is 1. The Morgan fingerprint density at radius 1 is 0.438 bits per heavy atom. The van der Waals surface area contributed by atoms with Gasteiger partial charge in [-0.3, -0.25) is 9.59 Å². The highest BCUT2D eigenvalue weighted by Crippen LogP contribution is 2.14. The Morgan fingerprint density at radius 2 is 0.781 bits per heavy atom. The maximum Gasteiger partial charge on any atom is 0.305 e. The van der Waals surface area contributed by atoms with Gasteiger partial charge in [-0.05, 0) is 96.3 Å². The molecule has 1 amide bonds. The highest BCUT2D eigenvalue weighted by Gasteiger charge is 2.18. The summed E-state index contributed by atoms with van der Waals surface area (Å²) in [6, 6.07) is -0.634. The second-order valence-electron chi connectivity index (χ2n) is 18.5. The monoisotopic (exact) mass is 896 g/mol. The van der Waals surface area contributed by atoms with Crippen LogP contribution in [0.3, 0.4) is 0 Å². The predicted octanol–water partition coefficient (Wildman–Crippen LogP) is 16.8. The van der Waals surface area contributed by atoms with Crippen LogP contribution in [-0.4, -0.2) is 47.4 Å². The van der Waals surface area contributed by atoms with E-state index in [0.717, 1.165) is 70.6 Å². The third kappa shape index (κ3) is 49.0. The van der Waals surface area contributed by atoms with E-state index in [-0.39, 0.29) is 18.5 Å². The Hall–Kier alpha value is -2.44. The first kappa shape index (κ1) is 61.6. The summed E-state index contributed by atoms with van der Waals surface area (Å²) in [6.07, 6.45) is 68.1. The zero-order valence-corrected chi connectivity index (χ0v) is 42.2. The summed E-state index contributed by atoms with van der Waals surface area (Å²) in [5.41, 5.74) is 0. The van der Waals surface area contributed by atoms with Gasteiger partial charge in [0.1, 0.15) is 0 Å². The van der Waals surface area contributed by atoms with Gasteiger partial charge in [0.2, 0.25) is 5.91 Å². The van der Waals surface area contributed by atoms with Gasteiger partial charge >= 0.3 is 5.97 Å². The first-order valence-corrected chi connectivity index (χ1v) is 27.6. The number of ether oxygens (including phenoxy) is 1. The van der Waals surface area contributed by atoms with Crippen molar-refractivity contribution in [1.29, 1.82) is 0 Å². The van der Waals surface area contributed by atoms with E-state index in [1.165, 1.54) is 173 Å². The van der Waals surface area contributed by atoms with Gasteiger partial charge in [-0.1, -0.05) is 222 Å². The Bertz CT molecular complexity index is 1130. The first-order valence-electron chi connectivity index (χ1n) is 27.6. The van der Waals surface area contributed by atoms with Gasteiger partial charge in [0.15, 0.2) is 0 Å². The average Bonchev–Trinajstić information content (AvgIpc) is 3.29. The SMILES string of the molecule is CCCCC/C=C\C/C=C\CCCCCCCC(=O)OCCCCCCCCCCC/C=C\C/C=C\CCCCCCCCCC(=O)NC(CO)C(O)/C=C/CCCCCCCCC. The molecule has 6 heteroatoms. The van der Waals surface area contributed by atoms with E-state index in [9.17, 15) is 19.8 Å². The largest absolute Gasteiger partial charge is 0.466 e. The third-order valence-corrected chi connectivity index (χ3v) is 12.3. The molecular weight excluding hydrogens is 791 g/mol. The zero-order valence-electron chi connectivity index (χ0n) is 42.2. The molecule has 64 heavy (non-hydrogen) atoms. The lowest BCUT2D eigenvalue weighted by Crippen LogP contribution is -2.45. The molecule has 2 unspecified atom stereocenters. The average molecular weight is 896 g/mol. The molecule has 372 valence electrons. The molecule has 0 fully saturated rings. The summed E-state index contributed by atoms with van der Waals surface area (Å²) in [5, 5.41) is 22.9. The minimum absolute atomic E-state index is 0.00872. The normalized spacial score (nSPS) is 13.1. The highest BCUT2D eigenvalue weighted by atomic mass is 16.5. The molecule has 0 aliphatic carbocycles. The summed E-state index contributed by atoms with van der Waals surface area (Å²) in [6.45, 7) is 4.82. The van der Waals surface area contributed by atoms with Crippen molar-refractivity contribution in [2.45, 2.75) is 283 Å². The number of aliphatic hydroxyl groups is 2. The van der Waals surface area contributed by atoms with Crippen LogP contribution < -0.4 is 5.32 Å². The number of hydrogen-bond donors (Lipinski definition) is 3. The Morgan fingerprint density at radius 3 is 1.22 bits per heavy atom. The quantitative estimate of drug-likeness (QED) is 0.0321. The predicted molar refractivity (Wildman–Crippen MR) is 278 cm³/mol. The van der Waals surface area contributed by atoms with Crippen LogP contribution in [0.1, 0.15) is 271 Å². The van der Waals surface area contributed by atoms with E-state index in [0.29, 0.717) is 19.4 Å². The Labute approximate surface area is 397 Å². The van der Waals surface area contributed by atoms with E-state index < -0.39 is 12.1 Å². The lowest BCUT2D eigenvalue weighted by atomic mass is 10.1. The molecule has 6 nitrogen and oxygen atoms in total. The number of carbonyl (C=O) groups excluding carboxylic acids is 2. The molecule has 0 heterocycles. The standard InChI is InChI=1S/C58H105NO5/c1-3-5-7-9-11-13-14-15-25-29-32-36-40-44-48-52-58(63)64-53-49-45-41-37-33-30-27-24-22-20-18-16-17-19-21-23-26-28-31-35-39-43-47-51-57(62)59-55(54-60)56(61)50-46-42-38-34-12-10-8-6-4-2/h11,13,15-16,18-19,21,25,46,50,55-56,60-61H,3-10,12,14,17,20,22-24,26-45,47-49,51-54H2,1-2H3,(H,59,62)/b13-11-,18-16-,21-19-,25-15-,50-46+. The fraction of sp³-hybridized carbons (Fsp3) is 0.793. The fourth-order valence-corrected chi connectivity index (χ4v) is 7.99. The molecule has 0 saturated carbocycles. The maximum absolute atomic E-state index is 12.4. The van der Waals surface area contributed by atoms with Gasteiger partial charge in [-0.25, -0.2) is 0 Å². The van der Waals surface area contributed by atoms with E-state index in [1.807, 2.05) is 6.08 Å². The van der Waals surface area contributed by atoms with Crippen molar-refractivity contribution in [3.8, 4) is 0 Å². The smallest absolute Gasteiger partial charge is 0.305 e. The van der Waals surface area contributed by atoms with Crippen LogP contribution in [0.25, 0.3) is 0 Å². The van der Waals surface area contributed by atoms with Crippen molar-refractivity contribution in [3.05, 3.63) is 60.8 Å². The number of aliphatic hydroxyl groups excluding tert-OH is 2. The fourth-order valence-electron chi connectivity index (χ4n) is 7.99. The van der Waals surface area contributed by atoms with E-state index in [1.54, 1.807) is 6.08 Å². The second kappa shape index (κ2) is 53.2. The minimum atomic E-state index is -0.850. The van der Waals surface area contributed by atoms with Gasteiger partial charge in [-0.2, -0.15) is 0 Å². The molecule has 0 aliphatic rings. The maximum atomic E-state index is 12.4. The van der Waals surface area contributed by atoms with E-state index >= 15 is 0 Å². The Kier molecular flexibility index (Phi) is 51.2. The number of unbranched alkanes of at least 4 members (excludes halogenated alkanes) is 31. The van der Waals surface area contributed by atoms with Crippen molar-refractivity contribution < 1.29 is 24.5 Å². The first-order chi connectivity index (χ1) is 31.5. The van der Waals surface area contributed by atoms with E-state index in [4.69, 9.17) is 4.74 Å². The van der Waals surface area contributed by atoms with Gasteiger partial charge < -0.3 is 20.3 Å². The Balaban J connectivity index is 3.46. The van der Waals surface area contributed by atoms with Crippen LogP contribution in [0, 0.1) is 0 Å². The number of hydrogen-bond acceptors (Lipinski definition) is 5. The summed E-state index contributed by atoms with van der Waals surface area (Å²) in [5.74, 6) is -0.0916. The molecule has 0 aromatic heterocycles. The van der Waals surface area contributed by atoms with Crippen LogP contribution >= 0.6 is 0 Å². The molecule has 0 radical (unpaired) electrons. The van der Waals surface area contributed by atoms with Gasteiger partial charge in [0.05, 0.1) is 25.4 Å². The van der Waals surface area contributed by atoms with Crippen LogP contribution in [-0.2, 0) is 14.3 Å². The van der Waals surface area contributed by atoms with E-state index in [2.05, 4.69) is 67.8 Å². The number of amides is 1. The van der Waals surface area contributed by atoms with Crippen molar-refractivity contribution in [2.24, 2.45) is 0 Å². The molecule has 0 saturated heterocycles. The molecule has 0 rings (SSSR count).